The Morgan fingerprint density at radius 3 is 1.35 bits per heavy atom. The van der Waals surface area contributed by atoms with Crippen molar-refractivity contribution in [3.63, 3.8) is 0 Å². The van der Waals surface area contributed by atoms with Crippen LogP contribution in [0.3, 0.4) is 0 Å². The van der Waals surface area contributed by atoms with Crippen molar-refractivity contribution in [2.75, 3.05) is 0 Å². The lowest BCUT2D eigenvalue weighted by Crippen LogP contribution is -2.49. The first kappa shape index (κ1) is 37.1. The number of esters is 3. The molecule has 3 atom stereocenters. The molecule has 270 valence electrons. The van der Waals surface area contributed by atoms with Gasteiger partial charge in [-0.3, -0.25) is 0 Å². The van der Waals surface area contributed by atoms with Gasteiger partial charge in [0.1, 0.15) is 18.3 Å². The van der Waals surface area contributed by atoms with Crippen molar-refractivity contribution in [1.29, 1.82) is 0 Å². The van der Waals surface area contributed by atoms with Crippen LogP contribution >= 0.6 is 0 Å². The van der Waals surface area contributed by atoms with Crippen molar-refractivity contribution in [3.8, 4) is 0 Å². The topological polar surface area (TPSA) is 149 Å². The SMILES string of the molecule is CC1(C)CC(OC(=O)c2ccc3c(C(=O)OC4CC(C)(C)N(O)C4(C)C)c(C(=O)OC4CC(C)(C)N(O)C4(C)C)ccc3c2)C(C)(C)N1O. The van der Waals surface area contributed by atoms with Crippen LogP contribution in [-0.2, 0) is 14.2 Å². The predicted octanol–water partition coefficient (Wildman–Crippen LogP) is 6.37. The number of hydrogen-bond acceptors (Lipinski definition) is 12. The fourth-order valence-electron chi connectivity index (χ4n) is 8.10. The van der Waals surface area contributed by atoms with E-state index >= 15 is 0 Å². The van der Waals surface area contributed by atoms with Crippen LogP contribution in [0, 0.1) is 0 Å². The van der Waals surface area contributed by atoms with Gasteiger partial charge in [-0.15, -0.1) is 0 Å². The number of benzene rings is 2. The number of fused-ring (bicyclic) bond motifs is 1. The zero-order valence-corrected chi connectivity index (χ0v) is 30.9. The molecule has 0 spiro atoms. The van der Waals surface area contributed by atoms with E-state index in [1.807, 2.05) is 55.4 Å². The van der Waals surface area contributed by atoms with Crippen molar-refractivity contribution < 1.29 is 44.2 Å². The van der Waals surface area contributed by atoms with Crippen LogP contribution in [0.15, 0.2) is 30.3 Å². The largest absolute Gasteiger partial charge is 0.457 e. The van der Waals surface area contributed by atoms with E-state index in [1.165, 1.54) is 27.3 Å². The smallest absolute Gasteiger partial charge is 0.339 e. The monoisotopic (exact) mass is 683 g/mol. The first-order valence-electron chi connectivity index (χ1n) is 16.9. The molecule has 2 aromatic carbocycles. The molecule has 3 heterocycles. The van der Waals surface area contributed by atoms with Gasteiger partial charge in [0.05, 0.1) is 33.3 Å². The standard InChI is InChI=1S/C37H53N3O9/c1-32(2)18-25(35(7,8)38(32)44)47-29(41)22-14-15-23-21(17-22)13-16-24(30(42)48-26-19-33(3,4)39(45)36(26,9)10)28(23)31(43)49-27-20-34(5,6)40(46)37(27,11)12/h13-17,25-27,44-46H,18-20H2,1-12H3. The van der Waals surface area contributed by atoms with Crippen LogP contribution in [0.25, 0.3) is 10.8 Å². The van der Waals surface area contributed by atoms with Crippen molar-refractivity contribution in [2.45, 2.75) is 154 Å². The van der Waals surface area contributed by atoms with E-state index in [9.17, 15) is 30.0 Å². The first-order valence-corrected chi connectivity index (χ1v) is 16.9. The average molecular weight is 684 g/mol. The molecule has 0 radical (unpaired) electrons. The van der Waals surface area contributed by atoms with E-state index in [0.29, 0.717) is 30.0 Å². The Hall–Kier alpha value is -3.13. The third-order valence-electron chi connectivity index (χ3n) is 11.2. The second-order valence-electron chi connectivity index (χ2n) is 17.6. The minimum absolute atomic E-state index is 0.0216. The van der Waals surface area contributed by atoms with Gasteiger partial charge >= 0.3 is 17.9 Å². The van der Waals surface area contributed by atoms with E-state index < -0.39 is 69.5 Å². The van der Waals surface area contributed by atoms with Crippen LogP contribution in [-0.4, -0.2) is 100 Å². The molecule has 3 unspecified atom stereocenters. The highest BCUT2D eigenvalue weighted by atomic mass is 16.6. The molecule has 3 saturated heterocycles. The number of carbonyl (C=O) groups excluding carboxylic acids is 3. The van der Waals surface area contributed by atoms with Crippen LogP contribution in [0.1, 0.15) is 133 Å². The maximum Gasteiger partial charge on any atom is 0.339 e. The molecular formula is C37H53N3O9. The van der Waals surface area contributed by atoms with Gasteiger partial charge in [-0.05, 0) is 112 Å². The zero-order chi connectivity index (χ0) is 36.9. The summed E-state index contributed by atoms with van der Waals surface area (Å²) in [5.74, 6) is -2.11. The van der Waals surface area contributed by atoms with Crippen LogP contribution in [0.2, 0.25) is 0 Å². The number of carbonyl (C=O) groups is 3. The maximum absolute atomic E-state index is 14.2. The Morgan fingerprint density at radius 1 is 0.571 bits per heavy atom. The van der Waals surface area contributed by atoms with Crippen molar-refractivity contribution in [1.82, 2.24) is 15.2 Å². The fourth-order valence-corrected chi connectivity index (χ4v) is 8.10. The number of nitrogens with zero attached hydrogens (tertiary/aromatic N) is 3. The molecule has 0 aromatic heterocycles. The molecule has 12 nitrogen and oxygen atoms in total. The van der Waals surface area contributed by atoms with Crippen molar-refractivity contribution in [2.24, 2.45) is 0 Å². The summed E-state index contributed by atoms with van der Waals surface area (Å²) in [6, 6.07) is 7.83. The molecule has 0 amide bonds. The van der Waals surface area contributed by atoms with Gasteiger partial charge in [0, 0.05) is 35.9 Å². The summed E-state index contributed by atoms with van der Waals surface area (Å²) in [6.07, 6.45) is -0.838. The van der Waals surface area contributed by atoms with E-state index in [2.05, 4.69) is 0 Å². The average Bonchev–Trinajstić information content (AvgIpc) is 3.33. The second-order valence-corrected chi connectivity index (χ2v) is 17.6. The molecule has 3 N–H and O–H groups in total. The highest BCUT2D eigenvalue weighted by molar-refractivity contribution is 6.13. The molecule has 0 aliphatic carbocycles. The normalized spacial score (nSPS) is 28.4. The van der Waals surface area contributed by atoms with Gasteiger partial charge in [0.15, 0.2) is 0 Å². The molecule has 3 fully saturated rings. The Bertz CT molecular complexity index is 1680. The summed E-state index contributed by atoms with van der Waals surface area (Å²) < 4.78 is 18.0. The third kappa shape index (κ3) is 6.14. The van der Waals surface area contributed by atoms with Gasteiger partial charge in [-0.25, -0.2) is 14.4 Å². The highest BCUT2D eigenvalue weighted by Crippen LogP contribution is 2.44. The van der Waals surface area contributed by atoms with Gasteiger partial charge in [-0.2, -0.15) is 15.2 Å². The molecule has 0 bridgehead atoms. The van der Waals surface area contributed by atoms with Crippen molar-refractivity contribution >= 4 is 28.7 Å². The second kappa shape index (κ2) is 11.7. The minimum atomic E-state index is -0.919. The summed E-state index contributed by atoms with van der Waals surface area (Å²) in [5, 5.41) is 36.9. The van der Waals surface area contributed by atoms with E-state index in [1.54, 1.807) is 45.9 Å². The summed E-state index contributed by atoms with van der Waals surface area (Å²) in [4.78, 5) is 41.5. The molecule has 12 heteroatoms. The van der Waals surface area contributed by atoms with Gasteiger partial charge in [0.25, 0.3) is 0 Å². The van der Waals surface area contributed by atoms with Crippen LogP contribution in [0.5, 0.6) is 0 Å². The van der Waals surface area contributed by atoms with Crippen LogP contribution in [0.4, 0.5) is 0 Å². The number of hydroxylamine groups is 6. The highest BCUT2D eigenvalue weighted by Gasteiger charge is 2.56. The third-order valence-corrected chi connectivity index (χ3v) is 11.2. The summed E-state index contributed by atoms with van der Waals surface area (Å²) in [6.45, 7) is 21.9. The molecular weight excluding hydrogens is 630 g/mol. The summed E-state index contributed by atoms with van der Waals surface area (Å²) in [5.41, 5.74) is -4.36. The Labute approximate surface area is 288 Å². The Kier molecular flexibility index (Phi) is 8.88. The Morgan fingerprint density at radius 2 is 0.959 bits per heavy atom. The lowest BCUT2D eigenvalue weighted by atomic mass is 9.94. The van der Waals surface area contributed by atoms with E-state index in [0.717, 1.165) is 0 Å². The summed E-state index contributed by atoms with van der Waals surface area (Å²) >= 11 is 0. The molecule has 3 aliphatic rings. The lowest BCUT2D eigenvalue weighted by molar-refractivity contribution is -0.201. The van der Waals surface area contributed by atoms with Crippen LogP contribution < -0.4 is 0 Å². The quantitative estimate of drug-likeness (QED) is 0.229. The number of hydrogen-bond donors (Lipinski definition) is 3. The number of ether oxygens (including phenoxy) is 3. The molecule has 49 heavy (non-hydrogen) atoms. The molecule has 2 aromatic rings. The van der Waals surface area contributed by atoms with Gasteiger partial charge in [-0.1, -0.05) is 12.1 Å². The first-order chi connectivity index (χ1) is 22.2. The lowest BCUT2D eigenvalue weighted by Gasteiger charge is -2.35. The molecule has 5 rings (SSSR count). The summed E-state index contributed by atoms with van der Waals surface area (Å²) in [7, 11) is 0. The van der Waals surface area contributed by atoms with Gasteiger partial charge < -0.3 is 29.8 Å². The van der Waals surface area contributed by atoms with E-state index in [-0.39, 0.29) is 16.7 Å². The number of rotatable bonds is 6. The minimum Gasteiger partial charge on any atom is -0.457 e. The molecule has 3 aliphatic heterocycles. The zero-order valence-electron chi connectivity index (χ0n) is 30.9. The van der Waals surface area contributed by atoms with Crippen molar-refractivity contribution in [3.05, 3.63) is 47.0 Å². The predicted molar refractivity (Wildman–Crippen MR) is 181 cm³/mol. The molecule has 0 saturated carbocycles. The Balaban J connectivity index is 1.52. The fraction of sp³-hybridized carbons (Fsp3) is 0.649. The van der Waals surface area contributed by atoms with E-state index in [4.69, 9.17) is 14.2 Å². The van der Waals surface area contributed by atoms with Gasteiger partial charge in [0.2, 0.25) is 0 Å². The maximum atomic E-state index is 14.2.